The predicted octanol–water partition coefficient (Wildman–Crippen LogP) is 0.877. The summed E-state index contributed by atoms with van der Waals surface area (Å²) in [5, 5.41) is 14.2. The molecule has 2 rings (SSSR count). The van der Waals surface area contributed by atoms with Crippen molar-refractivity contribution >= 4 is 16.0 Å². The van der Waals surface area contributed by atoms with Crippen LogP contribution in [0.4, 0.5) is 0 Å². The van der Waals surface area contributed by atoms with Crippen LogP contribution in [0.2, 0.25) is 0 Å². The lowest BCUT2D eigenvalue weighted by Crippen LogP contribution is -2.41. The molecule has 1 aliphatic heterocycles. The molecule has 0 unspecified atom stereocenters. The molecule has 3 N–H and O–H groups in total. The molecule has 6 nitrogen and oxygen atoms in total. The highest BCUT2D eigenvalue weighted by molar-refractivity contribution is 7.89. The van der Waals surface area contributed by atoms with E-state index in [9.17, 15) is 13.2 Å². The number of benzene rings is 1. The Hall–Kier alpha value is -1.44. The van der Waals surface area contributed by atoms with Gasteiger partial charge in [-0.05, 0) is 36.6 Å². The predicted molar refractivity (Wildman–Crippen MR) is 78.0 cm³/mol. The zero-order chi connectivity index (χ0) is 15.6. The molecule has 0 amide bonds. The van der Waals surface area contributed by atoms with Gasteiger partial charge in [-0.15, -0.1) is 0 Å². The van der Waals surface area contributed by atoms with E-state index in [0.29, 0.717) is 26.1 Å². The average Bonchev–Trinajstić information content (AvgIpc) is 2.37. The van der Waals surface area contributed by atoms with E-state index in [1.54, 1.807) is 12.1 Å². The van der Waals surface area contributed by atoms with E-state index in [2.05, 4.69) is 4.90 Å². The molecule has 7 heteroatoms. The fraction of sp³-hybridized carbons (Fsp3) is 0.500. The van der Waals surface area contributed by atoms with E-state index in [0.717, 1.165) is 5.56 Å². The van der Waals surface area contributed by atoms with Gasteiger partial charge >= 0.3 is 5.97 Å². The molecule has 1 saturated heterocycles. The molecular formula is C14H20N2O4S. The van der Waals surface area contributed by atoms with Crippen LogP contribution < -0.4 is 5.14 Å². The Kier molecular flexibility index (Phi) is 4.65. The molecule has 0 radical (unpaired) electrons. The van der Waals surface area contributed by atoms with Crippen LogP contribution in [-0.4, -0.2) is 37.5 Å². The summed E-state index contributed by atoms with van der Waals surface area (Å²) in [5.41, 5.74) is 0.863. The van der Waals surface area contributed by atoms with Gasteiger partial charge in [0.1, 0.15) is 0 Å². The monoisotopic (exact) mass is 312 g/mol. The largest absolute Gasteiger partial charge is 0.481 e. The van der Waals surface area contributed by atoms with E-state index in [1.165, 1.54) is 6.07 Å². The molecule has 1 aromatic rings. The highest BCUT2D eigenvalue weighted by Gasteiger charge is 2.30. The normalized spacial score (nSPS) is 23.9. The first kappa shape index (κ1) is 15.9. The van der Waals surface area contributed by atoms with E-state index in [1.807, 2.05) is 13.0 Å². The molecule has 1 aliphatic rings. The quantitative estimate of drug-likeness (QED) is 0.859. The van der Waals surface area contributed by atoms with Gasteiger partial charge in [-0.25, -0.2) is 13.6 Å². The number of aliphatic carboxylic acids is 1. The number of likely N-dealkylation sites (tertiary alicyclic amines) is 1. The number of rotatable bonds is 4. The van der Waals surface area contributed by atoms with Gasteiger partial charge in [-0.1, -0.05) is 19.1 Å². The molecule has 0 aliphatic carbocycles. The van der Waals surface area contributed by atoms with Crippen LogP contribution in [-0.2, 0) is 21.4 Å². The Morgan fingerprint density at radius 3 is 2.76 bits per heavy atom. The van der Waals surface area contributed by atoms with Gasteiger partial charge in [0.15, 0.2) is 0 Å². The topological polar surface area (TPSA) is 101 Å². The van der Waals surface area contributed by atoms with Crippen molar-refractivity contribution in [2.24, 2.45) is 17.0 Å². The third kappa shape index (κ3) is 4.03. The first-order valence-corrected chi connectivity index (χ1v) is 8.39. The number of nitrogens with zero attached hydrogens (tertiary/aromatic N) is 1. The Morgan fingerprint density at radius 2 is 2.19 bits per heavy atom. The van der Waals surface area contributed by atoms with Crippen LogP contribution >= 0.6 is 0 Å². The number of hydrogen-bond donors (Lipinski definition) is 2. The van der Waals surface area contributed by atoms with Crippen LogP contribution in [0.5, 0.6) is 0 Å². The molecule has 21 heavy (non-hydrogen) atoms. The Bertz CT molecular complexity index is 630. The minimum absolute atomic E-state index is 0.0812. The smallest absolute Gasteiger partial charge is 0.306 e. The number of sulfonamides is 1. The summed E-state index contributed by atoms with van der Waals surface area (Å²) < 4.78 is 22.7. The fourth-order valence-electron chi connectivity index (χ4n) is 2.82. The van der Waals surface area contributed by atoms with E-state index < -0.39 is 16.0 Å². The summed E-state index contributed by atoms with van der Waals surface area (Å²) in [6, 6.07) is 6.56. The number of carboxylic acid groups (broad SMARTS) is 1. The first-order chi connectivity index (χ1) is 9.77. The van der Waals surface area contributed by atoms with E-state index >= 15 is 0 Å². The van der Waals surface area contributed by atoms with E-state index in [-0.39, 0.29) is 16.7 Å². The molecule has 1 fully saturated rings. The maximum atomic E-state index is 11.3. The van der Waals surface area contributed by atoms with Crippen LogP contribution in [0.3, 0.4) is 0 Å². The summed E-state index contributed by atoms with van der Waals surface area (Å²) in [7, 11) is -3.69. The maximum absolute atomic E-state index is 11.3. The van der Waals surface area contributed by atoms with Crippen molar-refractivity contribution < 1.29 is 18.3 Å². The minimum Gasteiger partial charge on any atom is -0.481 e. The molecule has 0 bridgehead atoms. The Balaban J connectivity index is 2.05. The summed E-state index contributed by atoms with van der Waals surface area (Å²) in [6.45, 7) is 3.92. The second kappa shape index (κ2) is 6.13. The summed E-state index contributed by atoms with van der Waals surface area (Å²) in [6.07, 6.45) is 0.616. The average molecular weight is 312 g/mol. The molecule has 1 aromatic carbocycles. The zero-order valence-corrected chi connectivity index (χ0v) is 12.7. The van der Waals surface area contributed by atoms with Gasteiger partial charge in [-0.3, -0.25) is 9.69 Å². The second-order valence-electron chi connectivity index (χ2n) is 5.64. The third-order valence-corrected chi connectivity index (χ3v) is 4.85. The van der Waals surface area contributed by atoms with Crippen molar-refractivity contribution in [1.82, 2.24) is 4.90 Å². The van der Waals surface area contributed by atoms with Crippen LogP contribution in [0.15, 0.2) is 29.2 Å². The summed E-state index contributed by atoms with van der Waals surface area (Å²) in [4.78, 5) is 13.3. The lowest BCUT2D eigenvalue weighted by atomic mass is 9.87. The standard InChI is InChI=1S/C14H20N2O4S/c1-10-8-16(6-5-13(10)14(17)18)9-11-3-2-4-12(7-11)21(15,19)20/h2-4,7,10,13H,5-6,8-9H2,1H3,(H,17,18)(H2,15,19,20)/t10-,13+/m1/s1. The van der Waals surface area contributed by atoms with Crippen LogP contribution in [0.1, 0.15) is 18.9 Å². The van der Waals surface area contributed by atoms with Crippen LogP contribution in [0, 0.1) is 11.8 Å². The van der Waals surface area contributed by atoms with Crippen molar-refractivity contribution in [2.45, 2.75) is 24.8 Å². The summed E-state index contributed by atoms with van der Waals surface area (Å²) in [5.74, 6) is -0.951. The number of carbonyl (C=O) groups is 1. The first-order valence-electron chi connectivity index (χ1n) is 6.84. The molecule has 0 saturated carbocycles. The molecule has 2 atom stereocenters. The van der Waals surface area contributed by atoms with Crippen molar-refractivity contribution in [2.75, 3.05) is 13.1 Å². The number of carboxylic acids is 1. The fourth-order valence-corrected chi connectivity index (χ4v) is 3.41. The number of piperidine rings is 1. The van der Waals surface area contributed by atoms with Crippen molar-refractivity contribution in [1.29, 1.82) is 0 Å². The second-order valence-corrected chi connectivity index (χ2v) is 7.20. The zero-order valence-electron chi connectivity index (χ0n) is 11.9. The molecule has 1 heterocycles. The van der Waals surface area contributed by atoms with Crippen molar-refractivity contribution in [3.8, 4) is 0 Å². The van der Waals surface area contributed by atoms with Crippen LogP contribution in [0.25, 0.3) is 0 Å². The Labute approximate surface area is 124 Å². The number of hydrogen-bond acceptors (Lipinski definition) is 4. The lowest BCUT2D eigenvalue weighted by molar-refractivity contribution is -0.145. The molecular weight excluding hydrogens is 292 g/mol. The van der Waals surface area contributed by atoms with Gasteiger partial charge in [-0.2, -0.15) is 0 Å². The molecule has 0 spiro atoms. The number of primary sulfonamides is 1. The van der Waals surface area contributed by atoms with E-state index in [4.69, 9.17) is 10.2 Å². The highest BCUT2D eigenvalue weighted by atomic mass is 32.2. The van der Waals surface area contributed by atoms with Crippen molar-refractivity contribution in [3.05, 3.63) is 29.8 Å². The SMILES string of the molecule is C[C@@H]1CN(Cc2cccc(S(N)(=O)=O)c2)CC[C@@H]1C(=O)O. The van der Waals surface area contributed by atoms with Gasteiger partial charge in [0.2, 0.25) is 10.0 Å². The van der Waals surface area contributed by atoms with Gasteiger partial charge < -0.3 is 5.11 Å². The summed E-state index contributed by atoms with van der Waals surface area (Å²) >= 11 is 0. The molecule has 0 aromatic heterocycles. The van der Waals surface area contributed by atoms with Crippen molar-refractivity contribution in [3.63, 3.8) is 0 Å². The lowest BCUT2D eigenvalue weighted by Gasteiger charge is -2.34. The maximum Gasteiger partial charge on any atom is 0.306 e. The number of nitrogens with two attached hydrogens (primary N) is 1. The highest BCUT2D eigenvalue weighted by Crippen LogP contribution is 2.25. The van der Waals surface area contributed by atoms with Gasteiger partial charge in [0.05, 0.1) is 10.8 Å². The van der Waals surface area contributed by atoms with Gasteiger partial charge in [0.25, 0.3) is 0 Å². The third-order valence-electron chi connectivity index (χ3n) is 3.94. The molecule has 116 valence electrons. The Morgan fingerprint density at radius 1 is 1.48 bits per heavy atom. The minimum atomic E-state index is -3.69. The van der Waals surface area contributed by atoms with Gasteiger partial charge in [0, 0.05) is 13.1 Å².